The zero-order valence-electron chi connectivity index (χ0n) is 5.80. The van der Waals surface area contributed by atoms with E-state index < -0.39 is 0 Å². The molecule has 2 heteroatoms. The molecule has 0 bridgehead atoms. The maximum absolute atomic E-state index is 5.58. The molecule has 1 aliphatic carbocycles. The molecule has 1 saturated carbocycles. The third-order valence-electron chi connectivity index (χ3n) is 2.07. The highest BCUT2D eigenvalue weighted by atomic mass is 14.7. The minimum Gasteiger partial charge on any atom is -0.403 e. The molecule has 0 saturated heterocycles. The number of hydrogen-bond donors (Lipinski definition) is 2. The van der Waals surface area contributed by atoms with Gasteiger partial charge in [-0.1, -0.05) is 13.3 Å². The summed E-state index contributed by atoms with van der Waals surface area (Å²) in [6.07, 6.45) is 4.01. The molecule has 52 valence electrons. The number of hydrogen-bond acceptors (Lipinski definition) is 2. The van der Waals surface area contributed by atoms with Gasteiger partial charge in [0, 0.05) is 17.8 Å². The maximum Gasteiger partial charge on any atom is 0.0272 e. The highest BCUT2D eigenvalue weighted by Gasteiger charge is 2.36. The van der Waals surface area contributed by atoms with Crippen LogP contribution in [0.1, 0.15) is 19.8 Å². The zero-order valence-corrected chi connectivity index (χ0v) is 5.80. The maximum atomic E-state index is 5.58. The largest absolute Gasteiger partial charge is 0.403 e. The Morgan fingerprint density at radius 1 is 1.78 bits per heavy atom. The smallest absolute Gasteiger partial charge is 0.0272 e. The summed E-state index contributed by atoms with van der Waals surface area (Å²) in [5.41, 5.74) is 11.7. The van der Waals surface area contributed by atoms with Crippen molar-refractivity contribution in [1.29, 1.82) is 0 Å². The molecule has 0 aromatic rings. The minimum absolute atomic E-state index is 0.611. The fourth-order valence-electron chi connectivity index (χ4n) is 1.23. The van der Waals surface area contributed by atoms with Gasteiger partial charge in [-0.15, -0.1) is 0 Å². The second-order valence-electron chi connectivity index (χ2n) is 2.68. The number of nitrogens with two attached hydrogens (primary N) is 2. The van der Waals surface area contributed by atoms with Gasteiger partial charge in [-0.3, -0.25) is 0 Å². The van der Waals surface area contributed by atoms with Crippen LogP contribution in [-0.4, -0.2) is 0 Å². The first kappa shape index (κ1) is 6.46. The summed E-state index contributed by atoms with van der Waals surface area (Å²) in [6.45, 7) is 2.19. The van der Waals surface area contributed by atoms with E-state index in [0.29, 0.717) is 5.92 Å². The average molecular weight is 126 g/mol. The van der Waals surface area contributed by atoms with E-state index in [1.54, 1.807) is 0 Å². The van der Waals surface area contributed by atoms with E-state index in [9.17, 15) is 0 Å². The Hall–Kier alpha value is -0.660. The lowest BCUT2D eigenvalue weighted by molar-refractivity contribution is 0.731. The Morgan fingerprint density at radius 2 is 2.44 bits per heavy atom. The summed E-state index contributed by atoms with van der Waals surface area (Å²) in [7, 11) is 0. The van der Waals surface area contributed by atoms with Crippen molar-refractivity contribution in [3.05, 3.63) is 11.9 Å². The molecule has 1 fully saturated rings. The van der Waals surface area contributed by atoms with E-state index >= 15 is 0 Å². The van der Waals surface area contributed by atoms with Crippen molar-refractivity contribution in [2.75, 3.05) is 0 Å². The van der Waals surface area contributed by atoms with E-state index in [4.69, 9.17) is 11.5 Å². The molecule has 2 atom stereocenters. The van der Waals surface area contributed by atoms with Crippen molar-refractivity contribution < 1.29 is 0 Å². The van der Waals surface area contributed by atoms with Gasteiger partial charge >= 0.3 is 0 Å². The van der Waals surface area contributed by atoms with Crippen molar-refractivity contribution in [3.8, 4) is 0 Å². The molecule has 1 rings (SSSR count). The van der Waals surface area contributed by atoms with Crippen LogP contribution in [0.4, 0.5) is 0 Å². The highest BCUT2D eigenvalue weighted by Crippen LogP contribution is 2.44. The summed E-state index contributed by atoms with van der Waals surface area (Å²) >= 11 is 0. The molecule has 0 amide bonds. The number of rotatable bonds is 2. The van der Waals surface area contributed by atoms with E-state index in [2.05, 4.69) is 6.92 Å². The van der Waals surface area contributed by atoms with Gasteiger partial charge < -0.3 is 11.5 Å². The van der Waals surface area contributed by atoms with Crippen LogP contribution in [0.2, 0.25) is 0 Å². The first-order chi connectivity index (χ1) is 4.29. The second-order valence-corrected chi connectivity index (χ2v) is 2.68. The second kappa shape index (κ2) is 2.29. The Morgan fingerprint density at radius 3 is 2.78 bits per heavy atom. The van der Waals surface area contributed by atoms with Gasteiger partial charge in [0.2, 0.25) is 0 Å². The third kappa shape index (κ3) is 1.18. The lowest BCUT2D eigenvalue weighted by atomic mass is 10.2. The Labute approximate surface area is 55.9 Å². The molecule has 1 aliphatic rings. The Bertz CT molecular complexity index is 129. The van der Waals surface area contributed by atoms with Crippen molar-refractivity contribution >= 4 is 0 Å². The summed E-state index contributed by atoms with van der Waals surface area (Å²) in [5, 5.41) is 0. The topological polar surface area (TPSA) is 52.0 Å². The van der Waals surface area contributed by atoms with Gasteiger partial charge in [0.1, 0.15) is 0 Å². The van der Waals surface area contributed by atoms with Crippen LogP contribution in [0.15, 0.2) is 11.9 Å². The molecule has 0 aromatic carbocycles. The van der Waals surface area contributed by atoms with Crippen molar-refractivity contribution in [2.24, 2.45) is 23.3 Å². The molecule has 2 unspecified atom stereocenters. The third-order valence-corrected chi connectivity index (χ3v) is 2.07. The van der Waals surface area contributed by atoms with Gasteiger partial charge in [-0.05, 0) is 12.3 Å². The molecule has 9 heavy (non-hydrogen) atoms. The summed E-state index contributed by atoms with van der Waals surface area (Å²) in [6, 6.07) is 0. The van der Waals surface area contributed by atoms with Crippen LogP contribution in [0.25, 0.3) is 0 Å². The Kier molecular flexibility index (Phi) is 1.65. The van der Waals surface area contributed by atoms with Gasteiger partial charge in [-0.25, -0.2) is 0 Å². The van der Waals surface area contributed by atoms with Gasteiger partial charge in [0.05, 0.1) is 0 Å². The average Bonchev–Trinajstić information content (AvgIpc) is 2.64. The monoisotopic (exact) mass is 126 g/mol. The van der Waals surface area contributed by atoms with Crippen LogP contribution in [-0.2, 0) is 0 Å². The van der Waals surface area contributed by atoms with E-state index in [1.165, 1.54) is 19.0 Å². The van der Waals surface area contributed by atoms with Crippen LogP contribution in [0.5, 0.6) is 0 Å². The zero-order chi connectivity index (χ0) is 6.85. The fraction of sp³-hybridized carbons (Fsp3) is 0.714. The lowest BCUT2D eigenvalue weighted by Crippen LogP contribution is -2.03. The molecule has 0 aromatic heterocycles. The van der Waals surface area contributed by atoms with Gasteiger partial charge in [0.15, 0.2) is 0 Å². The van der Waals surface area contributed by atoms with Crippen molar-refractivity contribution in [1.82, 2.24) is 0 Å². The summed E-state index contributed by atoms with van der Waals surface area (Å²) in [4.78, 5) is 0. The molecule has 0 radical (unpaired) electrons. The lowest BCUT2D eigenvalue weighted by Gasteiger charge is -1.94. The summed E-state index contributed by atoms with van der Waals surface area (Å²) in [5.74, 6) is 1.43. The number of allylic oxidation sites excluding steroid dienone is 1. The van der Waals surface area contributed by atoms with Gasteiger partial charge in [-0.2, -0.15) is 0 Å². The van der Waals surface area contributed by atoms with Crippen molar-refractivity contribution in [3.63, 3.8) is 0 Å². The molecule has 0 heterocycles. The molecule has 0 aliphatic heterocycles. The molecular formula is C7H14N2. The Balaban J connectivity index is 2.33. The normalized spacial score (nSPS) is 34.6. The summed E-state index contributed by atoms with van der Waals surface area (Å²) < 4.78 is 0. The SMILES string of the molecule is CCC1CC1/C(N)=C\N. The van der Waals surface area contributed by atoms with Crippen LogP contribution in [0, 0.1) is 11.8 Å². The highest BCUT2D eigenvalue weighted by molar-refractivity contribution is 5.10. The predicted octanol–water partition coefficient (Wildman–Crippen LogP) is 0.791. The minimum atomic E-state index is 0.611. The van der Waals surface area contributed by atoms with E-state index in [-0.39, 0.29) is 0 Å². The predicted molar refractivity (Wildman–Crippen MR) is 38.3 cm³/mol. The molecular weight excluding hydrogens is 112 g/mol. The van der Waals surface area contributed by atoms with Crippen LogP contribution >= 0.6 is 0 Å². The molecule has 0 spiro atoms. The van der Waals surface area contributed by atoms with E-state index in [1.807, 2.05) is 0 Å². The molecule has 4 N–H and O–H groups in total. The van der Waals surface area contributed by atoms with Crippen molar-refractivity contribution in [2.45, 2.75) is 19.8 Å². The molecule has 2 nitrogen and oxygen atoms in total. The quantitative estimate of drug-likeness (QED) is 0.574. The standard InChI is InChI=1S/C7H14N2/c1-2-5-3-6(5)7(9)4-8/h4-6H,2-3,8-9H2,1H3/b7-4+. The first-order valence-electron chi connectivity index (χ1n) is 3.46. The fourth-order valence-corrected chi connectivity index (χ4v) is 1.23. The van der Waals surface area contributed by atoms with Crippen LogP contribution in [0.3, 0.4) is 0 Å². The van der Waals surface area contributed by atoms with Gasteiger partial charge in [0.25, 0.3) is 0 Å². The van der Waals surface area contributed by atoms with E-state index in [0.717, 1.165) is 11.6 Å². The van der Waals surface area contributed by atoms with Crippen LogP contribution < -0.4 is 11.5 Å². The first-order valence-corrected chi connectivity index (χ1v) is 3.46.